The average molecular weight is 459 g/mol. The van der Waals surface area contributed by atoms with Crippen molar-refractivity contribution >= 4 is 5.91 Å². The number of nitrogens with two attached hydrogens (primary N) is 1. The molecule has 1 heterocycles. The highest BCUT2D eigenvalue weighted by atomic mass is 16.1. The molecule has 0 aromatic carbocycles. The van der Waals surface area contributed by atoms with E-state index in [4.69, 9.17) is 5.73 Å². The van der Waals surface area contributed by atoms with E-state index in [0.29, 0.717) is 5.69 Å². The van der Waals surface area contributed by atoms with Crippen molar-refractivity contribution in [2.75, 3.05) is 0 Å². The maximum absolute atomic E-state index is 12.0. The number of pyridine rings is 1. The van der Waals surface area contributed by atoms with Crippen LogP contribution in [0.1, 0.15) is 164 Å². The first kappa shape index (κ1) is 29.7. The van der Waals surface area contributed by atoms with Gasteiger partial charge in [-0.1, -0.05) is 129 Å². The Morgan fingerprint density at radius 1 is 0.636 bits per heavy atom. The second-order valence-electron chi connectivity index (χ2n) is 10.0. The number of aryl methyl sites for hydroxylation is 1. The molecule has 0 fully saturated rings. The molecule has 1 aromatic rings. The van der Waals surface area contributed by atoms with Gasteiger partial charge in [0.2, 0.25) is 0 Å². The smallest absolute Gasteiger partial charge is 0.267 e. The molecule has 190 valence electrons. The summed E-state index contributed by atoms with van der Waals surface area (Å²) in [6.45, 7) is 4.55. The van der Waals surface area contributed by atoms with E-state index < -0.39 is 0 Å². The molecule has 2 N–H and O–H groups in total. The first-order valence-electron chi connectivity index (χ1n) is 14.5. The Morgan fingerprint density at radius 2 is 1.03 bits per heavy atom. The molecule has 1 aromatic heterocycles. The quantitative estimate of drug-likeness (QED) is 0.166. The summed E-state index contributed by atoms with van der Waals surface area (Å²) in [6.07, 6.45) is 30.5. The average Bonchev–Trinajstić information content (AvgIpc) is 2.81. The largest absolute Gasteiger partial charge is 0.364 e. The van der Waals surface area contributed by atoms with Crippen molar-refractivity contribution in [1.29, 1.82) is 0 Å². The number of aromatic nitrogens is 1. The molecular formula is C30H54N2O. The van der Waals surface area contributed by atoms with E-state index in [-0.39, 0.29) is 5.91 Å². The molecule has 0 aliphatic carbocycles. The first-order chi connectivity index (χ1) is 16.2. The molecule has 0 aliphatic heterocycles. The Bertz CT molecular complexity index is 599. The van der Waals surface area contributed by atoms with Crippen LogP contribution >= 0.6 is 0 Å². The summed E-state index contributed by atoms with van der Waals surface area (Å²) in [5.74, 6) is -0.373. The molecule has 0 saturated carbocycles. The van der Waals surface area contributed by atoms with Crippen LogP contribution in [-0.4, -0.2) is 10.9 Å². The van der Waals surface area contributed by atoms with E-state index in [9.17, 15) is 4.79 Å². The predicted octanol–water partition coefficient (Wildman–Crippen LogP) is 9.11. The summed E-state index contributed by atoms with van der Waals surface area (Å²) >= 11 is 0. The monoisotopic (exact) mass is 458 g/mol. The first-order valence-corrected chi connectivity index (χ1v) is 14.5. The molecular weight excluding hydrogens is 404 g/mol. The molecule has 0 saturated heterocycles. The van der Waals surface area contributed by atoms with Crippen LogP contribution in [-0.2, 0) is 12.8 Å². The Labute approximate surface area is 205 Å². The van der Waals surface area contributed by atoms with Gasteiger partial charge in [-0.3, -0.25) is 9.78 Å². The van der Waals surface area contributed by atoms with Gasteiger partial charge in [0.15, 0.2) is 0 Å². The van der Waals surface area contributed by atoms with Gasteiger partial charge in [-0.25, -0.2) is 0 Å². The highest BCUT2D eigenvalue weighted by Crippen LogP contribution is 2.20. The van der Waals surface area contributed by atoms with Crippen LogP contribution in [0, 0.1) is 0 Å². The third-order valence-electron chi connectivity index (χ3n) is 6.97. The van der Waals surface area contributed by atoms with Gasteiger partial charge >= 0.3 is 0 Å². The number of carbonyl (C=O) groups is 1. The molecule has 0 aliphatic rings. The van der Waals surface area contributed by atoms with Crippen molar-refractivity contribution in [1.82, 2.24) is 4.98 Å². The lowest BCUT2D eigenvalue weighted by atomic mass is 9.95. The van der Waals surface area contributed by atoms with Crippen LogP contribution in [0.25, 0.3) is 0 Å². The van der Waals surface area contributed by atoms with Gasteiger partial charge in [0.1, 0.15) is 5.69 Å². The fourth-order valence-electron chi connectivity index (χ4n) is 4.85. The fourth-order valence-corrected chi connectivity index (χ4v) is 4.85. The number of unbranched alkanes of at least 4 members (excludes halogenated alkanes) is 18. The SMILES string of the molecule is CCCCCCCCCCCCc1ccnc(C(N)=O)c1CCCCCCCCCCCC. The lowest BCUT2D eigenvalue weighted by molar-refractivity contribution is 0.0994. The van der Waals surface area contributed by atoms with E-state index in [1.54, 1.807) is 6.20 Å². The lowest BCUT2D eigenvalue weighted by Gasteiger charge is -2.13. The maximum atomic E-state index is 12.0. The summed E-state index contributed by atoms with van der Waals surface area (Å²) in [5.41, 5.74) is 8.59. The molecule has 1 amide bonds. The molecule has 33 heavy (non-hydrogen) atoms. The third-order valence-corrected chi connectivity index (χ3v) is 6.97. The van der Waals surface area contributed by atoms with E-state index in [1.165, 1.54) is 128 Å². The Kier molecular flexibility index (Phi) is 19.0. The zero-order valence-electron chi connectivity index (χ0n) is 22.1. The minimum atomic E-state index is -0.373. The summed E-state index contributed by atoms with van der Waals surface area (Å²) in [6, 6.07) is 2.12. The molecule has 0 spiro atoms. The van der Waals surface area contributed by atoms with Crippen molar-refractivity contribution in [3.8, 4) is 0 Å². The molecule has 3 heteroatoms. The van der Waals surface area contributed by atoms with E-state index in [1.807, 2.05) is 0 Å². The van der Waals surface area contributed by atoms with Crippen LogP contribution in [0.2, 0.25) is 0 Å². The topological polar surface area (TPSA) is 56.0 Å². The molecule has 0 radical (unpaired) electrons. The normalized spacial score (nSPS) is 11.2. The number of carbonyl (C=O) groups excluding carboxylic acids is 1. The molecule has 1 rings (SSSR count). The van der Waals surface area contributed by atoms with Crippen molar-refractivity contribution in [2.45, 2.75) is 155 Å². The number of hydrogen-bond acceptors (Lipinski definition) is 2. The molecule has 0 bridgehead atoms. The van der Waals surface area contributed by atoms with E-state index >= 15 is 0 Å². The second kappa shape index (κ2) is 21.2. The zero-order valence-corrected chi connectivity index (χ0v) is 22.1. The minimum Gasteiger partial charge on any atom is -0.364 e. The van der Waals surface area contributed by atoms with Gasteiger partial charge in [0.25, 0.3) is 5.91 Å². The highest BCUT2D eigenvalue weighted by Gasteiger charge is 2.13. The van der Waals surface area contributed by atoms with Gasteiger partial charge < -0.3 is 5.73 Å². The van der Waals surface area contributed by atoms with Crippen molar-refractivity contribution in [3.63, 3.8) is 0 Å². The number of primary amides is 1. The van der Waals surface area contributed by atoms with Crippen molar-refractivity contribution in [3.05, 3.63) is 29.1 Å². The fraction of sp³-hybridized carbons (Fsp3) is 0.800. The molecule has 0 atom stereocenters. The van der Waals surface area contributed by atoms with Gasteiger partial charge in [-0.2, -0.15) is 0 Å². The Balaban J connectivity index is 2.28. The number of rotatable bonds is 23. The standard InChI is InChI=1S/C30H54N2O/c1-3-5-7-9-11-13-15-17-19-21-23-27-25-26-32-29(30(31)33)28(27)24-22-20-18-16-14-12-10-8-6-4-2/h25-26H,3-24H2,1-2H3,(H2,31,33). The van der Waals surface area contributed by atoms with Gasteiger partial charge in [0, 0.05) is 6.20 Å². The van der Waals surface area contributed by atoms with Crippen LogP contribution < -0.4 is 5.73 Å². The third kappa shape index (κ3) is 15.2. The van der Waals surface area contributed by atoms with Gasteiger partial charge in [-0.15, -0.1) is 0 Å². The van der Waals surface area contributed by atoms with Crippen molar-refractivity contribution < 1.29 is 4.79 Å². The molecule has 0 unspecified atom stereocenters. The number of hydrogen-bond donors (Lipinski definition) is 1. The molecule has 3 nitrogen and oxygen atoms in total. The summed E-state index contributed by atoms with van der Waals surface area (Å²) in [5, 5.41) is 0. The Morgan fingerprint density at radius 3 is 1.45 bits per heavy atom. The minimum absolute atomic E-state index is 0.373. The van der Waals surface area contributed by atoms with Crippen molar-refractivity contribution in [2.24, 2.45) is 5.73 Å². The van der Waals surface area contributed by atoms with Crippen LogP contribution in [0.3, 0.4) is 0 Å². The summed E-state index contributed by atoms with van der Waals surface area (Å²) < 4.78 is 0. The summed E-state index contributed by atoms with van der Waals surface area (Å²) in [7, 11) is 0. The van der Waals surface area contributed by atoms with E-state index in [2.05, 4.69) is 24.9 Å². The van der Waals surface area contributed by atoms with Gasteiger partial charge in [0.05, 0.1) is 0 Å². The lowest BCUT2D eigenvalue weighted by Crippen LogP contribution is -2.17. The summed E-state index contributed by atoms with van der Waals surface area (Å²) in [4.78, 5) is 16.3. The maximum Gasteiger partial charge on any atom is 0.267 e. The second-order valence-corrected chi connectivity index (χ2v) is 10.0. The highest BCUT2D eigenvalue weighted by molar-refractivity contribution is 5.92. The van der Waals surface area contributed by atoms with E-state index in [0.717, 1.165) is 24.8 Å². The van der Waals surface area contributed by atoms with Crippen LogP contribution in [0.5, 0.6) is 0 Å². The zero-order chi connectivity index (χ0) is 24.0. The number of nitrogens with zero attached hydrogens (tertiary/aromatic N) is 1. The van der Waals surface area contributed by atoms with Crippen LogP contribution in [0.4, 0.5) is 0 Å². The van der Waals surface area contributed by atoms with Gasteiger partial charge in [-0.05, 0) is 42.9 Å². The van der Waals surface area contributed by atoms with Crippen LogP contribution in [0.15, 0.2) is 12.3 Å². The Hall–Kier alpha value is -1.38. The number of amides is 1. The predicted molar refractivity (Wildman–Crippen MR) is 144 cm³/mol.